The number of carboxylic acid groups (broad SMARTS) is 3. The highest BCUT2D eigenvalue weighted by Gasteiger charge is 2.14. The SMILES string of the molecule is N[C@@H](CSCc1cc(CSC[C@H](N)C(=O)O)cc(CSC[C@H](N)C(=O)O)c1)C(=O)O. The van der Waals surface area contributed by atoms with Gasteiger partial charge in [0.1, 0.15) is 18.1 Å². The fourth-order valence-electron chi connectivity index (χ4n) is 2.21. The summed E-state index contributed by atoms with van der Waals surface area (Å²) in [6.45, 7) is 0. The van der Waals surface area contributed by atoms with Gasteiger partial charge in [-0.05, 0) is 16.7 Å². The van der Waals surface area contributed by atoms with Crippen molar-refractivity contribution in [3.05, 3.63) is 34.9 Å². The van der Waals surface area contributed by atoms with E-state index in [-0.39, 0.29) is 17.3 Å². The molecule has 0 aliphatic rings. The predicted molar refractivity (Wildman–Crippen MR) is 122 cm³/mol. The molecule has 0 spiro atoms. The minimum absolute atomic E-state index is 0.277. The van der Waals surface area contributed by atoms with Gasteiger partial charge in [-0.3, -0.25) is 14.4 Å². The number of rotatable bonds is 15. The Hall–Kier alpha value is -1.44. The monoisotopic (exact) mass is 477 g/mol. The highest BCUT2D eigenvalue weighted by Crippen LogP contribution is 2.23. The lowest BCUT2D eigenvalue weighted by atomic mass is 10.1. The molecule has 0 radical (unpaired) electrons. The predicted octanol–water partition coefficient (Wildman–Crippen LogP) is 0.622. The van der Waals surface area contributed by atoms with Crippen LogP contribution in [-0.2, 0) is 31.6 Å². The van der Waals surface area contributed by atoms with Crippen LogP contribution in [0.3, 0.4) is 0 Å². The fraction of sp³-hybridized carbons (Fsp3) is 0.500. The van der Waals surface area contributed by atoms with Crippen molar-refractivity contribution in [1.82, 2.24) is 0 Å². The molecule has 9 N–H and O–H groups in total. The molecule has 30 heavy (non-hydrogen) atoms. The van der Waals surface area contributed by atoms with E-state index in [0.717, 1.165) is 16.7 Å². The number of carbonyl (C=O) groups is 3. The number of aliphatic carboxylic acids is 3. The van der Waals surface area contributed by atoms with Crippen LogP contribution in [0, 0.1) is 0 Å². The number of hydrogen-bond acceptors (Lipinski definition) is 9. The van der Waals surface area contributed by atoms with Crippen LogP contribution in [0.1, 0.15) is 16.7 Å². The Bertz CT molecular complexity index is 630. The number of nitrogens with two attached hydrogens (primary N) is 3. The molecule has 1 rings (SSSR count). The lowest BCUT2D eigenvalue weighted by Gasteiger charge is -2.12. The minimum Gasteiger partial charge on any atom is -0.480 e. The molecular formula is C18H27N3O6S3. The van der Waals surface area contributed by atoms with Gasteiger partial charge in [-0.25, -0.2) is 0 Å². The number of thioether (sulfide) groups is 3. The average Bonchev–Trinajstić information content (AvgIpc) is 2.67. The Morgan fingerprint density at radius 2 is 0.867 bits per heavy atom. The van der Waals surface area contributed by atoms with Gasteiger partial charge in [-0.2, -0.15) is 35.3 Å². The highest BCUT2D eigenvalue weighted by molar-refractivity contribution is 7.99. The van der Waals surface area contributed by atoms with Gasteiger partial charge in [0.05, 0.1) is 0 Å². The summed E-state index contributed by atoms with van der Waals surface area (Å²) in [7, 11) is 0. The van der Waals surface area contributed by atoms with Crippen molar-refractivity contribution in [1.29, 1.82) is 0 Å². The summed E-state index contributed by atoms with van der Waals surface area (Å²) >= 11 is 4.23. The molecule has 0 heterocycles. The summed E-state index contributed by atoms with van der Waals surface area (Å²) < 4.78 is 0. The largest absolute Gasteiger partial charge is 0.480 e. The van der Waals surface area contributed by atoms with E-state index in [1.807, 2.05) is 18.2 Å². The zero-order valence-electron chi connectivity index (χ0n) is 16.2. The molecule has 0 unspecified atom stereocenters. The van der Waals surface area contributed by atoms with E-state index in [4.69, 9.17) is 32.5 Å². The number of hydrogen-bond donors (Lipinski definition) is 6. The van der Waals surface area contributed by atoms with Crippen molar-refractivity contribution in [2.24, 2.45) is 17.2 Å². The Morgan fingerprint density at radius 3 is 1.07 bits per heavy atom. The third-order valence-electron chi connectivity index (χ3n) is 3.76. The van der Waals surface area contributed by atoms with E-state index in [0.29, 0.717) is 17.3 Å². The fourth-order valence-corrected chi connectivity index (χ4v) is 4.96. The van der Waals surface area contributed by atoms with Crippen molar-refractivity contribution < 1.29 is 29.7 Å². The zero-order chi connectivity index (χ0) is 22.7. The Kier molecular flexibility index (Phi) is 12.2. The first-order valence-electron chi connectivity index (χ1n) is 8.90. The molecule has 3 atom stereocenters. The smallest absolute Gasteiger partial charge is 0.321 e. The molecule has 12 heteroatoms. The average molecular weight is 478 g/mol. The maximum absolute atomic E-state index is 10.8. The topological polar surface area (TPSA) is 190 Å². The number of benzene rings is 1. The van der Waals surface area contributed by atoms with Crippen LogP contribution in [0.2, 0.25) is 0 Å². The second-order valence-corrected chi connectivity index (χ2v) is 9.63. The first-order valence-corrected chi connectivity index (χ1v) is 12.4. The molecule has 1 aromatic rings. The van der Waals surface area contributed by atoms with Gasteiger partial charge in [0.25, 0.3) is 0 Å². The van der Waals surface area contributed by atoms with Crippen molar-refractivity contribution in [3.8, 4) is 0 Å². The van der Waals surface area contributed by atoms with Crippen molar-refractivity contribution >= 4 is 53.2 Å². The Labute approximate surface area is 187 Å². The van der Waals surface area contributed by atoms with Crippen LogP contribution in [-0.4, -0.2) is 68.6 Å². The lowest BCUT2D eigenvalue weighted by molar-refractivity contribution is -0.138. The van der Waals surface area contributed by atoms with Crippen molar-refractivity contribution in [3.63, 3.8) is 0 Å². The number of carboxylic acids is 3. The van der Waals surface area contributed by atoms with Gasteiger partial charge < -0.3 is 32.5 Å². The van der Waals surface area contributed by atoms with E-state index in [1.165, 1.54) is 35.3 Å². The third-order valence-corrected chi connectivity index (χ3v) is 7.16. The van der Waals surface area contributed by atoms with Gasteiger partial charge in [0.2, 0.25) is 0 Å². The Balaban J connectivity index is 2.76. The molecule has 1 aromatic carbocycles. The van der Waals surface area contributed by atoms with Crippen molar-refractivity contribution in [2.75, 3.05) is 17.3 Å². The summed E-state index contributed by atoms with van der Waals surface area (Å²) in [6.07, 6.45) is 0. The molecule has 0 fully saturated rings. The summed E-state index contributed by atoms with van der Waals surface area (Å²) in [4.78, 5) is 32.5. The molecule has 0 aromatic heterocycles. The molecular weight excluding hydrogens is 450 g/mol. The lowest BCUT2D eigenvalue weighted by Crippen LogP contribution is -2.32. The maximum atomic E-state index is 10.8. The van der Waals surface area contributed by atoms with Gasteiger partial charge >= 0.3 is 17.9 Å². The second-order valence-electron chi connectivity index (χ2n) is 6.54. The van der Waals surface area contributed by atoms with Gasteiger partial charge in [0, 0.05) is 34.5 Å². The van der Waals surface area contributed by atoms with E-state index in [1.54, 1.807) is 0 Å². The van der Waals surface area contributed by atoms with Crippen LogP contribution in [0.5, 0.6) is 0 Å². The minimum atomic E-state index is -1.05. The molecule has 0 aliphatic carbocycles. The summed E-state index contributed by atoms with van der Waals surface area (Å²) in [5.74, 6) is -0.600. The third kappa shape index (κ3) is 10.5. The van der Waals surface area contributed by atoms with E-state index >= 15 is 0 Å². The quantitative estimate of drug-likeness (QED) is 0.207. The molecule has 0 saturated carbocycles. The highest BCUT2D eigenvalue weighted by atomic mass is 32.2. The molecule has 9 nitrogen and oxygen atoms in total. The molecule has 0 amide bonds. The normalized spacial score (nSPS) is 14.1. The van der Waals surface area contributed by atoms with Crippen LogP contribution in [0.15, 0.2) is 18.2 Å². The molecule has 0 saturated heterocycles. The summed E-state index contributed by atoms with van der Waals surface area (Å²) in [5.41, 5.74) is 19.5. The maximum Gasteiger partial charge on any atom is 0.321 e. The molecule has 0 bridgehead atoms. The second kappa shape index (κ2) is 13.8. The first kappa shape index (κ1) is 26.6. The summed E-state index contributed by atoms with van der Waals surface area (Å²) in [6, 6.07) is 3.15. The van der Waals surface area contributed by atoms with Crippen LogP contribution in [0.25, 0.3) is 0 Å². The summed E-state index contributed by atoms with van der Waals surface area (Å²) in [5, 5.41) is 26.6. The van der Waals surface area contributed by atoms with Gasteiger partial charge in [-0.15, -0.1) is 0 Å². The van der Waals surface area contributed by atoms with Gasteiger partial charge in [0.15, 0.2) is 0 Å². The Morgan fingerprint density at radius 1 is 0.633 bits per heavy atom. The molecule has 0 aliphatic heterocycles. The van der Waals surface area contributed by atoms with Crippen LogP contribution < -0.4 is 17.2 Å². The zero-order valence-corrected chi connectivity index (χ0v) is 18.7. The van der Waals surface area contributed by atoms with Crippen LogP contribution in [0.4, 0.5) is 0 Å². The van der Waals surface area contributed by atoms with Gasteiger partial charge in [-0.1, -0.05) is 18.2 Å². The van der Waals surface area contributed by atoms with E-state index < -0.39 is 36.0 Å². The van der Waals surface area contributed by atoms with E-state index in [2.05, 4.69) is 0 Å². The standard InChI is InChI=1S/C18H27N3O6S3/c19-13(16(22)23)7-28-4-10-1-11(5-29-8-14(20)17(24)25)3-12(2-10)6-30-9-15(21)18(26)27/h1-3,13-15H,4-9,19-21H2,(H,22,23)(H,24,25)(H,26,27)/t13-,14-,15-/m0/s1. The van der Waals surface area contributed by atoms with Crippen LogP contribution >= 0.6 is 35.3 Å². The van der Waals surface area contributed by atoms with Crippen molar-refractivity contribution in [2.45, 2.75) is 35.4 Å². The van der Waals surface area contributed by atoms with E-state index in [9.17, 15) is 14.4 Å². The molecule has 168 valence electrons. The first-order chi connectivity index (χ1) is 14.1.